The van der Waals surface area contributed by atoms with Gasteiger partial charge < -0.3 is 19.5 Å². The van der Waals surface area contributed by atoms with Crippen LogP contribution in [0, 0.1) is 0 Å². The van der Waals surface area contributed by atoms with Crippen LogP contribution in [0.5, 0.6) is 5.88 Å². The molecular formula is C16H24BrN3O3. The summed E-state index contributed by atoms with van der Waals surface area (Å²) in [5, 5.41) is 3.41. The topological polar surface area (TPSA) is 65.5 Å². The van der Waals surface area contributed by atoms with Crippen LogP contribution in [0.15, 0.2) is 10.7 Å². The van der Waals surface area contributed by atoms with Crippen LogP contribution >= 0.6 is 15.9 Å². The first-order chi connectivity index (χ1) is 10.9. The first-order valence-electron chi connectivity index (χ1n) is 8.11. The van der Waals surface area contributed by atoms with Gasteiger partial charge >= 0.3 is 0 Å². The van der Waals surface area contributed by atoms with Gasteiger partial charge in [-0.25, -0.2) is 4.98 Å². The van der Waals surface area contributed by atoms with Crippen molar-refractivity contribution in [3.05, 3.63) is 10.7 Å². The SMILES string of the molecule is CC(C)(C)Oc1nc(NC2CCC3(CC2)OCCO3)ncc1Br. The summed E-state index contributed by atoms with van der Waals surface area (Å²) in [4.78, 5) is 8.83. The number of halogens is 1. The van der Waals surface area contributed by atoms with Crippen molar-refractivity contribution in [3.63, 3.8) is 0 Å². The van der Waals surface area contributed by atoms with Crippen molar-refractivity contribution < 1.29 is 14.2 Å². The lowest BCUT2D eigenvalue weighted by Gasteiger charge is -2.35. The first kappa shape index (κ1) is 16.9. The summed E-state index contributed by atoms with van der Waals surface area (Å²) in [5.41, 5.74) is -0.303. The molecular weight excluding hydrogens is 362 g/mol. The minimum atomic E-state index is -0.334. The highest BCUT2D eigenvalue weighted by atomic mass is 79.9. The lowest BCUT2D eigenvalue weighted by molar-refractivity contribution is -0.177. The third kappa shape index (κ3) is 4.33. The summed E-state index contributed by atoms with van der Waals surface area (Å²) in [6.45, 7) is 7.41. The third-order valence-corrected chi connectivity index (χ3v) is 4.55. The summed E-state index contributed by atoms with van der Waals surface area (Å²) in [7, 11) is 0. The van der Waals surface area contributed by atoms with E-state index in [1.807, 2.05) is 20.8 Å². The van der Waals surface area contributed by atoms with E-state index in [1.165, 1.54) is 0 Å². The van der Waals surface area contributed by atoms with E-state index < -0.39 is 0 Å². The molecule has 1 saturated carbocycles. The second kappa shape index (κ2) is 6.53. The Labute approximate surface area is 145 Å². The molecule has 6 nitrogen and oxygen atoms in total. The average molecular weight is 386 g/mol. The van der Waals surface area contributed by atoms with Crippen LogP contribution < -0.4 is 10.1 Å². The van der Waals surface area contributed by atoms with Gasteiger partial charge in [-0.2, -0.15) is 4.98 Å². The highest BCUT2D eigenvalue weighted by Gasteiger charge is 2.40. The average Bonchev–Trinajstić information content (AvgIpc) is 2.92. The number of aromatic nitrogens is 2. The van der Waals surface area contributed by atoms with E-state index in [-0.39, 0.29) is 11.4 Å². The van der Waals surface area contributed by atoms with Gasteiger partial charge in [0, 0.05) is 18.9 Å². The summed E-state index contributed by atoms with van der Waals surface area (Å²) >= 11 is 3.44. The van der Waals surface area contributed by atoms with Gasteiger partial charge in [0.1, 0.15) is 5.60 Å². The van der Waals surface area contributed by atoms with Crippen LogP contribution in [0.1, 0.15) is 46.5 Å². The molecule has 1 aromatic heterocycles. The van der Waals surface area contributed by atoms with Gasteiger partial charge in [-0.3, -0.25) is 0 Å². The minimum Gasteiger partial charge on any atom is -0.471 e. The monoisotopic (exact) mass is 385 g/mol. The molecule has 0 atom stereocenters. The fourth-order valence-corrected chi connectivity index (χ4v) is 3.22. The molecule has 2 fully saturated rings. The van der Waals surface area contributed by atoms with E-state index in [0.29, 0.717) is 31.1 Å². The number of hydrogen-bond donors (Lipinski definition) is 1. The molecule has 0 radical (unpaired) electrons. The Kier molecular flexibility index (Phi) is 4.80. The first-order valence-corrected chi connectivity index (χ1v) is 8.91. The highest BCUT2D eigenvalue weighted by Crippen LogP contribution is 2.36. The Bertz CT molecular complexity index is 546. The minimum absolute atomic E-state index is 0.303. The number of rotatable bonds is 3. The van der Waals surface area contributed by atoms with Crippen LogP contribution in [-0.2, 0) is 9.47 Å². The molecule has 0 bridgehead atoms. The zero-order chi connectivity index (χ0) is 16.5. The van der Waals surface area contributed by atoms with Gasteiger partial charge in [0.05, 0.1) is 23.9 Å². The lowest BCUT2D eigenvalue weighted by Crippen LogP contribution is -2.39. The lowest BCUT2D eigenvalue weighted by atomic mass is 9.90. The third-order valence-electron chi connectivity index (χ3n) is 4.01. The van der Waals surface area contributed by atoms with E-state index >= 15 is 0 Å². The second-order valence-corrected chi connectivity index (χ2v) is 7.94. The van der Waals surface area contributed by atoms with Crippen LogP contribution in [-0.4, -0.2) is 40.6 Å². The number of hydrogen-bond acceptors (Lipinski definition) is 6. The fraction of sp³-hybridized carbons (Fsp3) is 0.750. The molecule has 1 N–H and O–H groups in total. The number of ether oxygens (including phenoxy) is 3. The molecule has 1 aliphatic carbocycles. The zero-order valence-corrected chi connectivity index (χ0v) is 15.5. The molecule has 3 rings (SSSR count). The van der Waals surface area contributed by atoms with Gasteiger partial charge in [0.15, 0.2) is 5.79 Å². The molecule has 1 spiro atoms. The van der Waals surface area contributed by atoms with Crippen LogP contribution in [0.25, 0.3) is 0 Å². The van der Waals surface area contributed by atoms with Crippen LogP contribution in [0.4, 0.5) is 5.95 Å². The predicted octanol–water partition coefficient (Wildman–Crippen LogP) is 3.51. The molecule has 128 valence electrons. The maximum absolute atomic E-state index is 5.86. The Morgan fingerprint density at radius 3 is 2.52 bits per heavy atom. The summed E-state index contributed by atoms with van der Waals surface area (Å²) in [5.74, 6) is 0.825. The molecule has 2 aliphatic rings. The van der Waals surface area contributed by atoms with Crippen molar-refractivity contribution in [1.29, 1.82) is 0 Å². The zero-order valence-electron chi connectivity index (χ0n) is 13.9. The summed E-state index contributed by atoms with van der Waals surface area (Å²) in [6, 6.07) is 0.331. The largest absolute Gasteiger partial charge is 0.471 e. The van der Waals surface area contributed by atoms with Crippen molar-refractivity contribution in [2.45, 2.75) is 63.9 Å². The Hall–Kier alpha value is -0.920. The van der Waals surface area contributed by atoms with E-state index in [9.17, 15) is 0 Å². The smallest absolute Gasteiger partial charge is 0.233 e. The molecule has 0 unspecified atom stereocenters. The van der Waals surface area contributed by atoms with Crippen molar-refractivity contribution in [2.24, 2.45) is 0 Å². The maximum atomic E-state index is 5.86. The van der Waals surface area contributed by atoms with Crippen molar-refractivity contribution >= 4 is 21.9 Å². The molecule has 1 aliphatic heterocycles. The van der Waals surface area contributed by atoms with Gasteiger partial charge in [-0.15, -0.1) is 0 Å². The fourth-order valence-electron chi connectivity index (χ4n) is 2.95. The van der Waals surface area contributed by atoms with Crippen LogP contribution in [0.2, 0.25) is 0 Å². The van der Waals surface area contributed by atoms with Gasteiger partial charge in [-0.1, -0.05) is 0 Å². The predicted molar refractivity (Wildman–Crippen MR) is 90.6 cm³/mol. The molecule has 1 aromatic rings. The Balaban J connectivity index is 1.61. The molecule has 0 amide bonds. The number of nitrogens with one attached hydrogen (secondary N) is 1. The van der Waals surface area contributed by atoms with Gasteiger partial charge in [0.25, 0.3) is 0 Å². The van der Waals surface area contributed by atoms with E-state index in [4.69, 9.17) is 14.2 Å². The quantitative estimate of drug-likeness (QED) is 0.858. The standard InChI is InChI=1S/C16H24BrN3O3/c1-15(2,3)23-13-12(17)10-18-14(20-13)19-11-4-6-16(7-5-11)21-8-9-22-16/h10-11H,4-9H2,1-3H3,(H,18,19,20). The molecule has 7 heteroatoms. The van der Waals surface area contributed by atoms with E-state index in [1.54, 1.807) is 6.20 Å². The van der Waals surface area contributed by atoms with Crippen LogP contribution in [0.3, 0.4) is 0 Å². The maximum Gasteiger partial charge on any atom is 0.233 e. The molecule has 2 heterocycles. The normalized spacial score (nSPS) is 21.6. The van der Waals surface area contributed by atoms with Crippen molar-refractivity contribution in [3.8, 4) is 5.88 Å². The van der Waals surface area contributed by atoms with E-state index in [2.05, 4.69) is 31.2 Å². The van der Waals surface area contributed by atoms with Crippen molar-refractivity contribution in [1.82, 2.24) is 9.97 Å². The molecule has 0 aromatic carbocycles. The second-order valence-electron chi connectivity index (χ2n) is 7.09. The highest BCUT2D eigenvalue weighted by molar-refractivity contribution is 9.10. The van der Waals surface area contributed by atoms with Crippen molar-refractivity contribution in [2.75, 3.05) is 18.5 Å². The van der Waals surface area contributed by atoms with Gasteiger partial charge in [-0.05, 0) is 49.5 Å². The Morgan fingerprint density at radius 1 is 1.26 bits per heavy atom. The Morgan fingerprint density at radius 2 is 1.91 bits per heavy atom. The van der Waals surface area contributed by atoms with Gasteiger partial charge in [0.2, 0.25) is 11.8 Å². The number of anilines is 1. The molecule has 23 heavy (non-hydrogen) atoms. The summed E-state index contributed by atoms with van der Waals surface area (Å²) < 4.78 is 18.1. The van der Waals surface area contributed by atoms with E-state index in [0.717, 1.165) is 30.2 Å². The number of nitrogens with zero attached hydrogens (tertiary/aromatic N) is 2. The summed E-state index contributed by atoms with van der Waals surface area (Å²) in [6.07, 6.45) is 5.51. The molecule has 1 saturated heterocycles.